The molecule has 1 aromatic rings. The zero-order chi connectivity index (χ0) is 9.52. The number of aliphatic hydroxyl groups is 1. The van der Waals surface area contributed by atoms with Crippen molar-refractivity contribution in [2.45, 2.75) is 6.61 Å². The van der Waals surface area contributed by atoms with Crippen LogP contribution in [0.5, 0.6) is 5.75 Å². The Morgan fingerprint density at radius 2 is 2.00 bits per heavy atom. The second kappa shape index (κ2) is 5.89. The van der Waals surface area contributed by atoms with Crippen molar-refractivity contribution in [3.8, 4) is 5.75 Å². The van der Waals surface area contributed by atoms with Crippen molar-refractivity contribution >= 4 is 11.8 Å². The zero-order valence-electron chi connectivity index (χ0n) is 7.69. The number of rotatable bonds is 5. The van der Waals surface area contributed by atoms with Gasteiger partial charge in [-0.2, -0.15) is 11.8 Å². The Labute approximate surface area is 82.9 Å². The van der Waals surface area contributed by atoms with Crippen LogP contribution in [0.2, 0.25) is 0 Å². The van der Waals surface area contributed by atoms with E-state index in [0.29, 0.717) is 0 Å². The van der Waals surface area contributed by atoms with Gasteiger partial charge in [0.15, 0.2) is 0 Å². The van der Waals surface area contributed by atoms with Crippen molar-refractivity contribution in [3.05, 3.63) is 29.8 Å². The molecule has 0 unspecified atom stereocenters. The number of thioether (sulfide) groups is 1. The van der Waals surface area contributed by atoms with Crippen LogP contribution < -0.4 is 4.74 Å². The van der Waals surface area contributed by atoms with Crippen LogP contribution in [-0.4, -0.2) is 23.7 Å². The molecule has 0 radical (unpaired) electrons. The lowest BCUT2D eigenvalue weighted by Gasteiger charge is -2.04. The van der Waals surface area contributed by atoms with E-state index in [9.17, 15) is 0 Å². The van der Waals surface area contributed by atoms with Crippen LogP contribution in [0, 0.1) is 0 Å². The van der Waals surface area contributed by atoms with Crippen molar-refractivity contribution in [2.24, 2.45) is 0 Å². The van der Waals surface area contributed by atoms with Crippen molar-refractivity contribution in [3.63, 3.8) is 0 Å². The predicted molar refractivity (Wildman–Crippen MR) is 56.2 cm³/mol. The fourth-order valence-electron chi connectivity index (χ4n) is 0.934. The molecule has 0 saturated carbocycles. The molecule has 0 fully saturated rings. The summed E-state index contributed by atoms with van der Waals surface area (Å²) in [6, 6.07) is 7.50. The maximum Gasteiger partial charge on any atom is 0.119 e. The third kappa shape index (κ3) is 3.70. The highest BCUT2D eigenvalue weighted by Gasteiger charge is 1.93. The molecule has 0 aliphatic rings. The largest absolute Gasteiger partial charge is 0.493 e. The fraction of sp³-hybridized carbons (Fsp3) is 0.400. The molecule has 3 heteroatoms. The molecule has 1 aromatic carbocycles. The van der Waals surface area contributed by atoms with Crippen LogP contribution in [0.25, 0.3) is 0 Å². The van der Waals surface area contributed by atoms with Crippen molar-refractivity contribution < 1.29 is 9.84 Å². The van der Waals surface area contributed by atoms with E-state index >= 15 is 0 Å². The molecule has 0 aliphatic carbocycles. The van der Waals surface area contributed by atoms with Gasteiger partial charge in [0.05, 0.1) is 13.2 Å². The molecule has 0 heterocycles. The van der Waals surface area contributed by atoms with Gasteiger partial charge in [-0.3, -0.25) is 0 Å². The second-order valence-electron chi connectivity index (χ2n) is 2.64. The Balaban J connectivity index is 2.40. The summed E-state index contributed by atoms with van der Waals surface area (Å²) in [5.41, 5.74) is 0.914. The maximum atomic E-state index is 8.80. The molecule has 72 valence electrons. The normalized spacial score (nSPS) is 10.0. The summed E-state index contributed by atoms with van der Waals surface area (Å²) in [5.74, 6) is 1.87. The zero-order valence-corrected chi connectivity index (χ0v) is 8.51. The summed E-state index contributed by atoms with van der Waals surface area (Å²) >= 11 is 1.76. The minimum absolute atomic E-state index is 0.0884. The summed E-state index contributed by atoms with van der Waals surface area (Å²) < 4.78 is 5.44. The Kier molecular flexibility index (Phi) is 4.72. The second-order valence-corrected chi connectivity index (χ2v) is 3.63. The SMILES string of the molecule is CSCCOc1ccc(CO)cc1. The van der Waals surface area contributed by atoms with Gasteiger partial charge in [-0.1, -0.05) is 12.1 Å². The lowest BCUT2D eigenvalue weighted by Crippen LogP contribution is -1.99. The van der Waals surface area contributed by atoms with Gasteiger partial charge in [-0.15, -0.1) is 0 Å². The minimum Gasteiger partial charge on any atom is -0.493 e. The number of hydrogen-bond acceptors (Lipinski definition) is 3. The standard InChI is InChI=1S/C10H14O2S/c1-13-7-6-12-10-4-2-9(8-11)3-5-10/h2-5,11H,6-8H2,1H3. The molecule has 0 amide bonds. The minimum atomic E-state index is 0.0884. The Morgan fingerprint density at radius 3 is 2.54 bits per heavy atom. The van der Waals surface area contributed by atoms with E-state index in [1.54, 1.807) is 11.8 Å². The first-order chi connectivity index (χ1) is 6.36. The van der Waals surface area contributed by atoms with E-state index in [4.69, 9.17) is 9.84 Å². The number of aliphatic hydroxyl groups excluding tert-OH is 1. The number of hydrogen-bond donors (Lipinski definition) is 1. The van der Waals surface area contributed by atoms with Gasteiger partial charge >= 0.3 is 0 Å². The Morgan fingerprint density at radius 1 is 1.31 bits per heavy atom. The smallest absolute Gasteiger partial charge is 0.119 e. The van der Waals surface area contributed by atoms with Crippen LogP contribution >= 0.6 is 11.8 Å². The summed E-state index contributed by atoms with van der Waals surface area (Å²) in [5, 5.41) is 8.80. The molecule has 0 atom stereocenters. The predicted octanol–water partition coefficient (Wildman–Crippen LogP) is 1.92. The summed E-state index contributed by atoms with van der Waals surface area (Å²) in [4.78, 5) is 0. The Bertz CT molecular complexity index is 233. The van der Waals surface area contributed by atoms with E-state index < -0.39 is 0 Å². The first-order valence-electron chi connectivity index (χ1n) is 4.18. The van der Waals surface area contributed by atoms with E-state index in [1.807, 2.05) is 24.3 Å². The molecule has 0 saturated heterocycles. The molecule has 0 bridgehead atoms. The summed E-state index contributed by atoms with van der Waals surface area (Å²) in [6.07, 6.45) is 2.05. The molecule has 2 nitrogen and oxygen atoms in total. The first-order valence-corrected chi connectivity index (χ1v) is 5.57. The average molecular weight is 198 g/mol. The Hall–Kier alpha value is -0.670. The third-order valence-corrected chi connectivity index (χ3v) is 2.24. The molecule has 13 heavy (non-hydrogen) atoms. The van der Waals surface area contributed by atoms with Gasteiger partial charge in [-0.05, 0) is 24.0 Å². The van der Waals surface area contributed by atoms with E-state index in [0.717, 1.165) is 23.7 Å². The topological polar surface area (TPSA) is 29.5 Å². The van der Waals surface area contributed by atoms with Gasteiger partial charge in [0.1, 0.15) is 5.75 Å². The van der Waals surface area contributed by atoms with Gasteiger partial charge in [0, 0.05) is 5.75 Å². The highest BCUT2D eigenvalue weighted by Crippen LogP contribution is 2.12. The summed E-state index contributed by atoms with van der Waals surface area (Å²) in [6.45, 7) is 0.824. The van der Waals surface area contributed by atoms with Crippen LogP contribution in [0.15, 0.2) is 24.3 Å². The highest BCUT2D eigenvalue weighted by atomic mass is 32.2. The maximum absolute atomic E-state index is 8.80. The van der Waals surface area contributed by atoms with Gasteiger partial charge in [-0.25, -0.2) is 0 Å². The molecule has 1 rings (SSSR count). The van der Waals surface area contributed by atoms with Gasteiger partial charge in [0.2, 0.25) is 0 Å². The molecule has 0 aromatic heterocycles. The van der Waals surface area contributed by atoms with E-state index in [1.165, 1.54) is 0 Å². The lowest BCUT2D eigenvalue weighted by atomic mass is 10.2. The lowest BCUT2D eigenvalue weighted by molar-refractivity contribution is 0.281. The molecule has 0 spiro atoms. The monoisotopic (exact) mass is 198 g/mol. The van der Waals surface area contributed by atoms with Crippen molar-refractivity contribution in [1.82, 2.24) is 0 Å². The number of ether oxygens (including phenoxy) is 1. The average Bonchev–Trinajstić information content (AvgIpc) is 2.19. The first kappa shape index (κ1) is 10.4. The van der Waals surface area contributed by atoms with Crippen molar-refractivity contribution in [2.75, 3.05) is 18.6 Å². The van der Waals surface area contributed by atoms with Crippen LogP contribution in [-0.2, 0) is 6.61 Å². The molecular weight excluding hydrogens is 184 g/mol. The fourth-order valence-corrected chi connectivity index (χ4v) is 1.18. The molecule has 1 N–H and O–H groups in total. The molecular formula is C10H14O2S. The number of benzene rings is 1. The van der Waals surface area contributed by atoms with Crippen LogP contribution in [0.1, 0.15) is 5.56 Å². The van der Waals surface area contributed by atoms with Crippen molar-refractivity contribution in [1.29, 1.82) is 0 Å². The quantitative estimate of drug-likeness (QED) is 0.733. The van der Waals surface area contributed by atoms with E-state index in [2.05, 4.69) is 6.26 Å². The van der Waals surface area contributed by atoms with Crippen LogP contribution in [0.4, 0.5) is 0 Å². The molecule has 0 aliphatic heterocycles. The highest BCUT2D eigenvalue weighted by molar-refractivity contribution is 7.98. The summed E-state index contributed by atoms with van der Waals surface area (Å²) in [7, 11) is 0. The third-order valence-electron chi connectivity index (χ3n) is 1.66. The van der Waals surface area contributed by atoms with Crippen LogP contribution in [0.3, 0.4) is 0 Å². The van der Waals surface area contributed by atoms with Gasteiger partial charge in [0.25, 0.3) is 0 Å². The van der Waals surface area contributed by atoms with Gasteiger partial charge < -0.3 is 9.84 Å². The van der Waals surface area contributed by atoms with E-state index in [-0.39, 0.29) is 6.61 Å².